The van der Waals surface area contributed by atoms with Crippen LogP contribution in [0.3, 0.4) is 0 Å². The van der Waals surface area contributed by atoms with E-state index >= 15 is 0 Å². The normalized spacial score (nSPS) is 10.8. The van der Waals surface area contributed by atoms with Crippen molar-refractivity contribution in [3.8, 4) is 0 Å². The summed E-state index contributed by atoms with van der Waals surface area (Å²) in [6, 6.07) is 0. The van der Waals surface area contributed by atoms with Crippen LogP contribution in [-0.2, 0) is 23.0 Å². The number of nitrogens with one attached hydrogen (secondary N) is 1. The molecular formula is C11H19N3O2. The minimum Gasteiger partial charge on any atom is -0.369 e. The fourth-order valence-corrected chi connectivity index (χ4v) is 1.24. The first-order valence-corrected chi connectivity index (χ1v) is 5.43. The van der Waals surface area contributed by atoms with Crippen molar-refractivity contribution in [3.63, 3.8) is 0 Å². The monoisotopic (exact) mass is 225 g/mol. The topological polar surface area (TPSA) is 56.1 Å². The van der Waals surface area contributed by atoms with Crippen molar-refractivity contribution in [1.29, 1.82) is 0 Å². The molecule has 5 heteroatoms. The fourth-order valence-electron chi connectivity index (χ4n) is 1.24. The van der Waals surface area contributed by atoms with E-state index in [9.17, 15) is 4.79 Å². The van der Waals surface area contributed by atoms with E-state index in [1.54, 1.807) is 10.9 Å². The van der Waals surface area contributed by atoms with Crippen molar-refractivity contribution in [2.75, 3.05) is 13.2 Å². The van der Waals surface area contributed by atoms with Crippen molar-refractivity contribution in [1.82, 2.24) is 15.1 Å². The van der Waals surface area contributed by atoms with Crippen LogP contribution in [0.5, 0.6) is 0 Å². The van der Waals surface area contributed by atoms with Crippen LogP contribution in [0.4, 0.5) is 0 Å². The number of amides is 1. The van der Waals surface area contributed by atoms with Gasteiger partial charge in [-0.25, -0.2) is 0 Å². The van der Waals surface area contributed by atoms with E-state index in [1.165, 1.54) is 0 Å². The SMILES string of the molecule is CC(C)OCC(=O)NCCc1cnn(C)c1. The van der Waals surface area contributed by atoms with Gasteiger partial charge in [0.1, 0.15) is 6.61 Å². The third-order valence-corrected chi connectivity index (χ3v) is 2.04. The highest BCUT2D eigenvalue weighted by Crippen LogP contribution is 1.96. The smallest absolute Gasteiger partial charge is 0.246 e. The Morgan fingerprint density at radius 1 is 1.62 bits per heavy atom. The Hall–Kier alpha value is -1.36. The molecule has 0 spiro atoms. The minimum atomic E-state index is -0.0717. The van der Waals surface area contributed by atoms with Crippen LogP contribution in [0.2, 0.25) is 0 Å². The predicted octanol–water partition coefficient (Wildman–Crippen LogP) is 0.504. The highest BCUT2D eigenvalue weighted by Gasteiger charge is 2.03. The molecule has 1 N–H and O–H groups in total. The van der Waals surface area contributed by atoms with Gasteiger partial charge in [-0.2, -0.15) is 5.10 Å². The maximum Gasteiger partial charge on any atom is 0.246 e. The van der Waals surface area contributed by atoms with E-state index in [0.29, 0.717) is 6.54 Å². The van der Waals surface area contributed by atoms with E-state index < -0.39 is 0 Å². The zero-order valence-electron chi connectivity index (χ0n) is 10.1. The van der Waals surface area contributed by atoms with Crippen molar-refractivity contribution in [3.05, 3.63) is 18.0 Å². The largest absolute Gasteiger partial charge is 0.369 e. The van der Waals surface area contributed by atoms with E-state index in [4.69, 9.17) is 4.74 Å². The van der Waals surface area contributed by atoms with Gasteiger partial charge in [-0.1, -0.05) is 0 Å². The number of aryl methyl sites for hydroxylation is 1. The number of ether oxygens (including phenoxy) is 1. The van der Waals surface area contributed by atoms with Crippen molar-refractivity contribution >= 4 is 5.91 Å². The lowest BCUT2D eigenvalue weighted by Gasteiger charge is -2.07. The first-order chi connectivity index (χ1) is 7.58. The van der Waals surface area contributed by atoms with Gasteiger partial charge < -0.3 is 10.1 Å². The molecule has 0 unspecified atom stereocenters. The molecule has 1 rings (SSSR count). The second-order valence-electron chi connectivity index (χ2n) is 3.98. The van der Waals surface area contributed by atoms with Crippen molar-refractivity contribution in [2.24, 2.45) is 7.05 Å². The Balaban J connectivity index is 2.13. The molecule has 0 aliphatic heterocycles. The van der Waals surface area contributed by atoms with E-state index in [0.717, 1.165) is 12.0 Å². The van der Waals surface area contributed by atoms with E-state index in [2.05, 4.69) is 10.4 Å². The summed E-state index contributed by atoms with van der Waals surface area (Å²) in [4.78, 5) is 11.3. The maximum absolute atomic E-state index is 11.3. The van der Waals surface area contributed by atoms with Gasteiger partial charge in [-0.3, -0.25) is 9.48 Å². The second-order valence-corrected chi connectivity index (χ2v) is 3.98. The highest BCUT2D eigenvalue weighted by molar-refractivity contribution is 5.77. The quantitative estimate of drug-likeness (QED) is 0.767. The van der Waals surface area contributed by atoms with Gasteiger partial charge in [0.05, 0.1) is 12.3 Å². The standard InChI is InChI=1S/C11H19N3O2/c1-9(2)16-8-11(15)12-5-4-10-6-13-14(3)7-10/h6-7,9H,4-5,8H2,1-3H3,(H,12,15). The molecule has 0 fully saturated rings. The molecule has 0 atom stereocenters. The van der Waals surface area contributed by atoms with Gasteiger partial charge >= 0.3 is 0 Å². The molecule has 16 heavy (non-hydrogen) atoms. The van der Waals surface area contributed by atoms with E-state index in [1.807, 2.05) is 27.1 Å². The van der Waals surface area contributed by atoms with Crippen molar-refractivity contribution in [2.45, 2.75) is 26.4 Å². The van der Waals surface area contributed by atoms with Crippen molar-refractivity contribution < 1.29 is 9.53 Å². The zero-order chi connectivity index (χ0) is 12.0. The summed E-state index contributed by atoms with van der Waals surface area (Å²) in [7, 11) is 1.87. The second kappa shape index (κ2) is 6.27. The molecule has 0 saturated carbocycles. The molecule has 1 amide bonds. The van der Waals surface area contributed by atoms with Crippen LogP contribution in [0, 0.1) is 0 Å². The summed E-state index contributed by atoms with van der Waals surface area (Å²) in [5.41, 5.74) is 1.12. The summed E-state index contributed by atoms with van der Waals surface area (Å²) >= 11 is 0. The first-order valence-electron chi connectivity index (χ1n) is 5.43. The molecule has 0 bridgehead atoms. The molecule has 1 aromatic rings. The summed E-state index contributed by atoms with van der Waals surface area (Å²) in [5.74, 6) is -0.0717. The van der Waals surface area contributed by atoms with Gasteiger partial charge in [0.2, 0.25) is 5.91 Å². The molecule has 0 aliphatic carbocycles. The molecule has 0 aromatic carbocycles. The molecule has 90 valence electrons. The Kier molecular flexibility index (Phi) is 4.98. The number of carbonyl (C=O) groups is 1. The van der Waals surface area contributed by atoms with E-state index in [-0.39, 0.29) is 18.6 Å². The molecule has 5 nitrogen and oxygen atoms in total. The highest BCUT2D eigenvalue weighted by atomic mass is 16.5. The van der Waals surface area contributed by atoms with Gasteiger partial charge in [0.15, 0.2) is 0 Å². The number of hydrogen-bond donors (Lipinski definition) is 1. The lowest BCUT2D eigenvalue weighted by Crippen LogP contribution is -2.30. The van der Waals surface area contributed by atoms with Gasteiger partial charge in [0.25, 0.3) is 0 Å². The number of carbonyl (C=O) groups excluding carboxylic acids is 1. The number of aromatic nitrogens is 2. The zero-order valence-corrected chi connectivity index (χ0v) is 10.1. The van der Waals surface area contributed by atoms with Crippen LogP contribution in [0.15, 0.2) is 12.4 Å². The Bertz CT molecular complexity index is 334. The number of rotatable bonds is 6. The summed E-state index contributed by atoms with van der Waals surface area (Å²) < 4.78 is 6.93. The summed E-state index contributed by atoms with van der Waals surface area (Å²) in [5, 5.41) is 6.85. The lowest BCUT2D eigenvalue weighted by atomic mass is 10.2. The minimum absolute atomic E-state index is 0.0717. The number of hydrogen-bond acceptors (Lipinski definition) is 3. The van der Waals surface area contributed by atoms with Crippen LogP contribution in [-0.4, -0.2) is 34.9 Å². The Morgan fingerprint density at radius 2 is 2.38 bits per heavy atom. The first kappa shape index (κ1) is 12.7. The Labute approximate surface area is 95.8 Å². The maximum atomic E-state index is 11.3. The van der Waals surface area contributed by atoms with Crippen LogP contribution in [0.25, 0.3) is 0 Å². The van der Waals surface area contributed by atoms with Gasteiger partial charge in [-0.15, -0.1) is 0 Å². The molecule has 0 radical (unpaired) electrons. The summed E-state index contributed by atoms with van der Waals surface area (Å²) in [6.07, 6.45) is 4.62. The molecule has 1 heterocycles. The fraction of sp³-hybridized carbons (Fsp3) is 0.636. The third kappa shape index (κ3) is 4.93. The molecule has 0 saturated heterocycles. The van der Waals surface area contributed by atoms with Crippen LogP contribution in [0.1, 0.15) is 19.4 Å². The summed E-state index contributed by atoms with van der Waals surface area (Å²) in [6.45, 7) is 4.56. The van der Waals surface area contributed by atoms with Gasteiger partial charge in [0, 0.05) is 19.8 Å². The lowest BCUT2D eigenvalue weighted by molar-refractivity contribution is -0.127. The molecule has 0 aliphatic rings. The van der Waals surface area contributed by atoms with Gasteiger partial charge in [-0.05, 0) is 25.8 Å². The Morgan fingerprint density at radius 3 is 2.94 bits per heavy atom. The number of nitrogens with zero attached hydrogens (tertiary/aromatic N) is 2. The third-order valence-electron chi connectivity index (χ3n) is 2.04. The average molecular weight is 225 g/mol. The average Bonchev–Trinajstić information content (AvgIpc) is 2.61. The van der Waals surface area contributed by atoms with Crippen LogP contribution >= 0.6 is 0 Å². The molecule has 1 aromatic heterocycles. The van der Waals surface area contributed by atoms with Crippen LogP contribution < -0.4 is 5.32 Å². The predicted molar refractivity (Wildman–Crippen MR) is 61.0 cm³/mol. The molecular weight excluding hydrogens is 206 g/mol.